The molecule has 0 aliphatic rings. The molecule has 4 nitrogen and oxygen atoms in total. The van der Waals surface area contributed by atoms with Gasteiger partial charge in [0.25, 0.3) is 0 Å². The number of nitrogens with two attached hydrogens (primary N) is 1. The minimum atomic E-state index is -0.253. The van der Waals surface area contributed by atoms with Gasteiger partial charge in [-0.2, -0.15) is 0 Å². The van der Waals surface area contributed by atoms with Gasteiger partial charge in [-0.1, -0.05) is 6.92 Å². The topological polar surface area (TPSA) is 55.0 Å². The van der Waals surface area contributed by atoms with Crippen LogP contribution in [0.25, 0.3) is 0 Å². The lowest BCUT2D eigenvalue weighted by atomic mass is 10.2. The summed E-state index contributed by atoms with van der Waals surface area (Å²) in [6, 6.07) is 8.05. The fourth-order valence-corrected chi connectivity index (χ4v) is 1.90. The molecule has 100 valence electrons. The van der Waals surface area contributed by atoms with Crippen molar-refractivity contribution in [1.29, 1.82) is 0 Å². The SMILES string of the molecule is CCc1nc(N)cc(N(CC)c2ccc(F)cc2)n1. The summed E-state index contributed by atoms with van der Waals surface area (Å²) in [4.78, 5) is 10.6. The van der Waals surface area contributed by atoms with Crippen molar-refractivity contribution in [2.75, 3.05) is 17.2 Å². The summed E-state index contributed by atoms with van der Waals surface area (Å²) in [6.07, 6.45) is 0.721. The lowest BCUT2D eigenvalue weighted by Gasteiger charge is -2.22. The van der Waals surface area contributed by atoms with Gasteiger partial charge in [0.15, 0.2) is 0 Å². The van der Waals surface area contributed by atoms with Gasteiger partial charge in [0, 0.05) is 24.7 Å². The van der Waals surface area contributed by atoms with Crippen LogP contribution in [0, 0.1) is 5.82 Å². The van der Waals surface area contributed by atoms with E-state index in [0.717, 1.165) is 17.9 Å². The summed E-state index contributed by atoms with van der Waals surface area (Å²) in [5, 5.41) is 0. The molecule has 2 rings (SSSR count). The molecule has 0 aliphatic carbocycles. The van der Waals surface area contributed by atoms with Crippen LogP contribution in [0.15, 0.2) is 30.3 Å². The molecule has 2 aromatic rings. The van der Waals surface area contributed by atoms with Crippen LogP contribution in [0.5, 0.6) is 0 Å². The van der Waals surface area contributed by atoms with E-state index in [0.29, 0.717) is 18.2 Å². The molecule has 0 bridgehead atoms. The lowest BCUT2D eigenvalue weighted by molar-refractivity contribution is 0.627. The van der Waals surface area contributed by atoms with E-state index in [9.17, 15) is 4.39 Å². The molecule has 0 unspecified atom stereocenters. The Morgan fingerprint density at radius 1 is 1.16 bits per heavy atom. The molecular weight excluding hydrogens is 243 g/mol. The third-order valence-electron chi connectivity index (χ3n) is 2.83. The third-order valence-corrected chi connectivity index (χ3v) is 2.83. The summed E-state index contributed by atoms with van der Waals surface area (Å²) in [5.41, 5.74) is 6.67. The largest absolute Gasteiger partial charge is 0.384 e. The van der Waals surface area contributed by atoms with E-state index in [4.69, 9.17) is 5.73 Å². The lowest BCUT2D eigenvalue weighted by Crippen LogP contribution is -2.18. The summed E-state index contributed by atoms with van der Waals surface area (Å²) in [5.74, 6) is 1.63. The summed E-state index contributed by atoms with van der Waals surface area (Å²) in [6.45, 7) is 4.70. The number of nitrogens with zero attached hydrogens (tertiary/aromatic N) is 3. The Morgan fingerprint density at radius 2 is 1.84 bits per heavy atom. The Balaban J connectivity index is 2.41. The predicted octanol–water partition coefficient (Wildman–Crippen LogP) is 2.92. The first kappa shape index (κ1) is 13.3. The first-order chi connectivity index (χ1) is 9.13. The van der Waals surface area contributed by atoms with E-state index >= 15 is 0 Å². The van der Waals surface area contributed by atoms with Crippen molar-refractivity contribution in [2.24, 2.45) is 0 Å². The van der Waals surface area contributed by atoms with Crippen molar-refractivity contribution in [1.82, 2.24) is 9.97 Å². The van der Waals surface area contributed by atoms with Gasteiger partial charge in [-0.25, -0.2) is 14.4 Å². The number of nitrogen functional groups attached to an aromatic ring is 1. The predicted molar refractivity (Wildman–Crippen MR) is 74.9 cm³/mol. The van der Waals surface area contributed by atoms with Crippen LogP contribution in [0.4, 0.5) is 21.7 Å². The fourth-order valence-electron chi connectivity index (χ4n) is 1.90. The van der Waals surface area contributed by atoms with Crippen molar-refractivity contribution in [3.63, 3.8) is 0 Å². The monoisotopic (exact) mass is 260 g/mol. The maximum atomic E-state index is 13.0. The second kappa shape index (κ2) is 5.65. The molecule has 19 heavy (non-hydrogen) atoms. The highest BCUT2D eigenvalue weighted by Crippen LogP contribution is 2.24. The molecule has 0 aliphatic heterocycles. The van der Waals surface area contributed by atoms with E-state index in [-0.39, 0.29) is 5.82 Å². The minimum Gasteiger partial charge on any atom is -0.384 e. The normalized spacial score (nSPS) is 10.5. The van der Waals surface area contributed by atoms with Crippen molar-refractivity contribution < 1.29 is 4.39 Å². The molecule has 0 atom stereocenters. The average Bonchev–Trinajstić information content (AvgIpc) is 2.41. The van der Waals surface area contributed by atoms with Gasteiger partial charge in [0.2, 0.25) is 0 Å². The number of aryl methyl sites for hydroxylation is 1. The van der Waals surface area contributed by atoms with Crippen molar-refractivity contribution in [3.05, 3.63) is 42.0 Å². The van der Waals surface area contributed by atoms with Crippen molar-refractivity contribution in [2.45, 2.75) is 20.3 Å². The maximum Gasteiger partial charge on any atom is 0.138 e. The number of hydrogen-bond acceptors (Lipinski definition) is 4. The van der Waals surface area contributed by atoms with Gasteiger partial charge in [-0.05, 0) is 31.2 Å². The highest BCUT2D eigenvalue weighted by atomic mass is 19.1. The number of benzene rings is 1. The standard InChI is InChI=1S/C14H17FN4/c1-3-13-17-12(16)9-14(18-13)19(4-2)11-7-5-10(15)6-8-11/h5-9H,3-4H2,1-2H3,(H2,16,17,18). The van der Waals surface area contributed by atoms with Crippen LogP contribution in [-0.2, 0) is 6.42 Å². The summed E-state index contributed by atoms with van der Waals surface area (Å²) in [7, 11) is 0. The first-order valence-corrected chi connectivity index (χ1v) is 6.30. The van der Waals surface area contributed by atoms with Crippen molar-refractivity contribution in [3.8, 4) is 0 Å². The molecular formula is C14H17FN4. The number of rotatable bonds is 4. The van der Waals surface area contributed by atoms with Crippen LogP contribution in [0.2, 0.25) is 0 Å². The number of hydrogen-bond donors (Lipinski definition) is 1. The fraction of sp³-hybridized carbons (Fsp3) is 0.286. The molecule has 1 aromatic carbocycles. The van der Waals surface area contributed by atoms with Gasteiger partial charge in [0.05, 0.1) is 0 Å². The van der Waals surface area contributed by atoms with Crippen LogP contribution in [-0.4, -0.2) is 16.5 Å². The number of anilines is 3. The second-order valence-electron chi connectivity index (χ2n) is 4.14. The van der Waals surface area contributed by atoms with Gasteiger partial charge < -0.3 is 10.6 Å². The van der Waals surface area contributed by atoms with E-state index in [1.807, 2.05) is 18.7 Å². The van der Waals surface area contributed by atoms with Crippen molar-refractivity contribution >= 4 is 17.3 Å². The Labute approximate surface area is 112 Å². The highest BCUT2D eigenvalue weighted by Gasteiger charge is 2.11. The molecule has 0 radical (unpaired) electrons. The zero-order valence-corrected chi connectivity index (χ0v) is 11.1. The zero-order valence-electron chi connectivity index (χ0n) is 11.1. The van der Waals surface area contributed by atoms with Crippen LogP contribution < -0.4 is 10.6 Å². The van der Waals surface area contributed by atoms with Crippen LogP contribution >= 0.6 is 0 Å². The molecule has 1 heterocycles. The summed E-state index contributed by atoms with van der Waals surface area (Å²) >= 11 is 0. The van der Waals surface area contributed by atoms with Crippen LogP contribution in [0.1, 0.15) is 19.7 Å². The van der Waals surface area contributed by atoms with Gasteiger partial charge in [0.1, 0.15) is 23.3 Å². The molecule has 0 spiro atoms. The quantitative estimate of drug-likeness (QED) is 0.918. The third kappa shape index (κ3) is 2.99. The molecule has 0 amide bonds. The Morgan fingerprint density at radius 3 is 2.42 bits per heavy atom. The minimum absolute atomic E-state index is 0.253. The number of halogens is 1. The molecule has 1 aromatic heterocycles. The Bertz CT molecular complexity index is 554. The van der Waals surface area contributed by atoms with E-state index in [1.54, 1.807) is 18.2 Å². The van der Waals surface area contributed by atoms with E-state index in [2.05, 4.69) is 9.97 Å². The molecule has 0 saturated heterocycles. The molecule has 0 saturated carbocycles. The Hall–Kier alpha value is -2.17. The Kier molecular flexibility index (Phi) is 3.94. The second-order valence-corrected chi connectivity index (χ2v) is 4.14. The average molecular weight is 260 g/mol. The summed E-state index contributed by atoms with van der Waals surface area (Å²) < 4.78 is 13.0. The first-order valence-electron chi connectivity index (χ1n) is 6.30. The van der Waals surface area contributed by atoms with Crippen LogP contribution in [0.3, 0.4) is 0 Å². The maximum absolute atomic E-state index is 13.0. The molecule has 5 heteroatoms. The highest BCUT2D eigenvalue weighted by molar-refractivity contribution is 5.61. The van der Waals surface area contributed by atoms with Gasteiger partial charge in [-0.15, -0.1) is 0 Å². The molecule has 2 N–H and O–H groups in total. The van der Waals surface area contributed by atoms with Gasteiger partial charge >= 0.3 is 0 Å². The van der Waals surface area contributed by atoms with E-state index < -0.39 is 0 Å². The van der Waals surface area contributed by atoms with Gasteiger partial charge in [-0.3, -0.25) is 0 Å². The smallest absolute Gasteiger partial charge is 0.138 e. The number of aromatic nitrogens is 2. The van der Waals surface area contributed by atoms with E-state index in [1.165, 1.54) is 12.1 Å². The molecule has 0 fully saturated rings. The zero-order chi connectivity index (χ0) is 13.8.